The Hall–Kier alpha value is -1.90. The summed E-state index contributed by atoms with van der Waals surface area (Å²) in [4.78, 5) is 13.9. The van der Waals surface area contributed by atoms with Crippen molar-refractivity contribution in [2.24, 2.45) is 5.73 Å². The third-order valence-electron chi connectivity index (χ3n) is 3.39. The summed E-state index contributed by atoms with van der Waals surface area (Å²) in [5, 5.41) is 9.23. The van der Waals surface area contributed by atoms with Crippen molar-refractivity contribution in [2.75, 3.05) is 19.7 Å². The Kier molecular flexibility index (Phi) is 4.72. The third kappa shape index (κ3) is 2.98. The molecule has 1 unspecified atom stereocenters. The third-order valence-corrected chi connectivity index (χ3v) is 3.39. The number of hydrogen-bond acceptors (Lipinski definition) is 3. The quantitative estimate of drug-likeness (QED) is 0.783. The highest BCUT2D eigenvalue weighted by molar-refractivity contribution is 5.94. The van der Waals surface area contributed by atoms with E-state index < -0.39 is 5.82 Å². The molecule has 3 N–H and O–H groups in total. The molecular formula is C15H17FN2O2. The number of carbonyl (C=O) groups is 1. The first kappa shape index (κ1) is 14.5. The van der Waals surface area contributed by atoms with Gasteiger partial charge >= 0.3 is 0 Å². The van der Waals surface area contributed by atoms with Gasteiger partial charge in [0.25, 0.3) is 5.91 Å². The van der Waals surface area contributed by atoms with Crippen molar-refractivity contribution in [3.63, 3.8) is 0 Å². The minimum Gasteiger partial charge on any atom is -0.394 e. The van der Waals surface area contributed by atoms with Gasteiger partial charge in [-0.15, -0.1) is 0 Å². The summed E-state index contributed by atoms with van der Waals surface area (Å²) in [7, 11) is 0. The van der Waals surface area contributed by atoms with Gasteiger partial charge in [0, 0.05) is 12.1 Å². The summed E-state index contributed by atoms with van der Waals surface area (Å²) in [5.74, 6) is 4.41. The zero-order valence-electron chi connectivity index (χ0n) is 11.1. The number of aliphatic hydroxyl groups excluding tert-OH is 1. The van der Waals surface area contributed by atoms with Gasteiger partial charge in [-0.2, -0.15) is 0 Å². The first-order chi connectivity index (χ1) is 9.67. The largest absolute Gasteiger partial charge is 0.394 e. The molecule has 1 aromatic rings. The summed E-state index contributed by atoms with van der Waals surface area (Å²) in [6, 6.07) is 4.06. The van der Waals surface area contributed by atoms with Crippen LogP contribution < -0.4 is 5.73 Å². The fourth-order valence-corrected chi connectivity index (χ4v) is 2.35. The van der Waals surface area contributed by atoms with Gasteiger partial charge < -0.3 is 15.7 Å². The second kappa shape index (κ2) is 6.51. The van der Waals surface area contributed by atoms with Gasteiger partial charge in [0.2, 0.25) is 0 Å². The molecule has 106 valence electrons. The second-order valence-electron chi connectivity index (χ2n) is 4.68. The van der Waals surface area contributed by atoms with Gasteiger partial charge in [-0.05, 0) is 31.0 Å². The van der Waals surface area contributed by atoms with Crippen LogP contribution in [0.4, 0.5) is 4.39 Å². The highest BCUT2D eigenvalue weighted by Gasteiger charge is 2.28. The Morgan fingerprint density at radius 1 is 1.55 bits per heavy atom. The van der Waals surface area contributed by atoms with Crippen LogP contribution in [0.25, 0.3) is 0 Å². The number of aliphatic hydroxyl groups is 1. The number of amides is 1. The van der Waals surface area contributed by atoms with E-state index in [0.717, 1.165) is 12.8 Å². The van der Waals surface area contributed by atoms with Gasteiger partial charge in [-0.3, -0.25) is 4.79 Å². The Morgan fingerprint density at radius 3 is 3.00 bits per heavy atom. The molecule has 1 fully saturated rings. The van der Waals surface area contributed by atoms with Crippen molar-refractivity contribution in [1.82, 2.24) is 4.90 Å². The molecule has 0 saturated carbocycles. The summed E-state index contributed by atoms with van der Waals surface area (Å²) in [6.45, 7) is 0.695. The van der Waals surface area contributed by atoms with E-state index in [0.29, 0.717) is 6.54 Å². The lowest BCUT2D eigenvalue weighted by Gasteiger charge is -2.23. The number of nitrogens with two attached hydrogens (primary N) is 1. The maximum atomic E-state index is 13.8. The molecule has 0 bridgehead atoms. The van der Waals surface area contributed by atoms with E-state index in [2.05, 4.69) is 11.8 Å². The summed E-state index contributed by atoms with van der Waals surface area (Å²) >= 11 is 0. The van der Waals surface area contributed by atoms with Crippen molar-refractivity contribution in [1.29, 1.82) is 0 Å². The number of likely N-dealkylation sites (tertiary alicyclic amines) is 1. The lowest BCUT2D eigenvalue weighted by Crippen LogP contribution is -2.37. The molecule has 1 amide bonds. The van der Waals surface area contributed by atoms with Crippen LogP contribution in [0.2, 0.25) is 0 Å². The van der Waals surface area contributed by atoms with E-state index in [-0.39, 0.29) is 36.2 Å². The molecule has 1 atom stereocenters. The predicted molar refractivity (Wildman–Crippen MR) is 73.5 cm³/mol. The van der Waals surface area contributed by atoms with Crippen LogP contribution in [0.15, 0.2) is 18.2 Å². The smallest absolute Gasteiger partial charge is 0.254 e. The number of carbonyl (C=O) groups excluding carboxylic acids is 1. The van der Waals surface area contributed by atoms with E-state index in [9.17, 15) is 14.3 Å². The molecule has 5 heteroatoms. The Balaban J connectivity index is 2.21. The number of halogens is 1. The summed E-state index contributed by atoms with van der Waals surface area (Å²) in [5.41, 5.74) is 5.74. The molecule has 0 radical (unpaired) electrons. The predicted octanol–water partition coefficient (Wildman–Crippen LogP) is 0.733. The molecule has 4 nitrogen and oxygen atoms in total. The standard InChI is InChI=1S/C15H17FN2O2/c16-14-9-12(6-5-11(14)3-1-7-17)15(20)18-8-2-4-13(18)10-19/h5-6,9,13,19H,2,4,7-8,10,17H2. The van der Waals surface area contributed by atoms with E-state index in [1.165, 1.54) is 12.1 Å². The molecule has 0 spiro atoms. The van der Waals surface area contributed by atoms with Crippen LogP contribution in [0.5, 0.6) is 0 Å². The van der Waals surface area contributed by atoms with Gasteiger partial charge in [0.15, 0.2) is 0 Å². The van der Waals surface area contributed by atoms with Gasteiger partial charge in [-0.1, -0.05) is 11.8 Å². The SMILES string of the molecule is NCC#Cc1ccc(C(=O)N2CCCC2CO)cc1F. The minimum absolute atomic E-state index is 0.0612. The molecule has 2 rings (SSSR count). The maximum Gasteiger partial charge on any atom is 0.254 e. The summed E-state index contributed by atoms with van der Waals surface area (Å²) < 4.78 is 13.8. The monoisotopic (exact) mass is 276 g/mol. The van der Waals surface area contributed by atoms with Gasteiger partial charge in [-0.25, -0.2) is 4.39 Å². The Bertz CT molecular complexity index is 563. The molecule has 0 aliphatic carbocycles. The molecule has 1 heterocycles. The van der Waals surface area contributed by atoms with Gasteiger partial charge in [0.05, 0.1) is 24.8 Å². The Labute approximate surface area is 117 Å². The zero-order valence-corrected chi connectivity index (χ0v) is 11.1. The average molecular weight is 276 g/mol. The molecular weight excluding hydrogens is 259 g/mol. The van der Waals surface area contributed by atoms with Crippen LogP contribution in [0.1, 0.15) is 28.8 Å². The van der Waals surface area contributed by atoms with E-state index in [1.54, 1.807) is 11.0 Å². The van der Waals surface area contributed by atoms with Crippen LogP contribution in [0, 0.1) is 17.7 Å². The van der Waals surface area contributed by atoms with Crippen molar-refractivity contribution in [3.05, 3.63) is 35.1 Å². The number of nitrogens with zero attached hydrogens (tertiary/aromatic N) is 1. The molecule has 1 aromatic carbocycles. The van der Waals surface area contributed by atoms with Crippen LogP contribution in [-0.2, 0) is 0 Å². The zero-order chi connectivity index (χ0) is 14.5. The first-order valence-electron chi connectivity index (χ1n) is 6.57. The lowest BCUT2D eigenvalue weighted by molar-refractivity contribution is 0.0677. The number of rotatable bonds is 2. The molecule has 1 aliphatic rings. The van der Waals surface area contributed by atoms with E-state index >= 15 is 0 Å². The van der Waals surface area contributed by atoms with Gasteiger partial charge in [0.1, 0.15) is 5.82 Å². The van der Waals surface area contributed by atoms with E-state index in [4.69, 9.17) is 5.73 Å². The topological polar surface area (TPSA) is 66.6 Å². The lowest BCUT2D eigenvalue weighted by atomic mass is 10.1. The molecule has 1 saturated heterocycles. The molecule has 0 aromatic heterocycles. The fraction of sp³-hybridized carbons (Fsp3) is 0.400. The minimum atomic E-state index is -0.531. The average Bonchev–Trinajstić information content (AvgIpc) is 2.93. The number of hydrogen-bond donors (Lipinski definition) is 2. The van der Waals surface area contributed by atoms with Crippen molar-refractivity contribution in [3.8, 4) is 11.8 Å². The highest BCUT2D eigenvalue weighted by atomic mass is 19.1. The Morgan fingerprint density at radius 2 is 2.35 bits per heavy atom. The second-order valence-corrected chi connectivity index (χ2v) is 4.68. The fourth-order valence-electron chi connectivity index (χ4n) is 2.35. The van der Waals surface area contributed by atoms with Crippen LogP contribution in [0.3, 0.4) is 0 Å². The first-order valence-corrected chi connectivity index (χ1v) is 6.57. The van der Waals surface area contributed by atoms with E-state index in [1.807, 2.05) is 0 Å². The van der Waals surface area contributed by atoms with Crippen molar-refractivity contribution < 1.29 is 14.3 Å². The number of benzene rings is 1. The van der Waals surface area contributed by atoms with Crippen molar-refractivity contribution >= 4 is 5.91 Å². The van der Waals surface area contributed by atoms with Crippen molar-refractivity contribution in [2.45, 2.75) is 18.9 Å². The molecule has 20 heavy (non-hydrogen) atoms. The molecule has 1 aliphatic heterocycles. The maximum absolute atomic E-state index is 13.8. The normalized spacial score (nSPS) is 17.8. The van der Waals surface area contributed by atoms with Crippen LogP contribution in [-0.4, -0.2) is 41.7 Å². The van der Waals surface area contributed by atoms with Crippen LogP contribution >= 0.6 is 0 Å². The highest BCUT2D eigenvalue weighted by Crippen LogP contribution is 2.20. The summed E-state index contributed by atoms with van der Waals surface area (Å²) in [6.07, 6.45) is 1.64.